The Kier molecular flexibility index (Phi) is 32.5. The molecule has 0 bridgehead atoms. The Bertz CT molecular complexity index is 477. The van der Waals surface area contributed by atoms with Crippen LogP contribution in [0, 0.1) is 0 Å². The number of unbranched alkanes of at least 4 members (excludes halogenated alkanes) is 24. The van der Waals surface area contributed by atoms with E-state index in [-0.39, 0.29) is 5.54 Å². The molecule has 0 aliphatic rings. The van der Waals surface area contributed by atoms with Crippen LogP contribution in [0.1, 0.15) is 220 Å². The van der Waals surface area contributed by atoms with Gasteiger partial charge in [-0.15, -0.1) is 0 Å². The van der Waals surface area contributed by atoms with E-state index in [1.54, 1.807) is 0 Å². The maximum atomic E-state index is 6.80. The first-order valence-electron chi connectivity index (χ1n) is 18.8. The minimum absolute atomic E-state index is 0.0988. The molecule has 1 nitrogen and oxygen atoms in total. The summed E-state index contributed by atoms with van der Waals surface area (Å²) < 4.78 is 0. The van der Waals surface area contributed by atoms with Crippen molar-refractivity contribution in [2.24, 2.45) is 5.73 Å². The lowest BCUT2D eigenvalue weighted by molar-refractivity contribution is 0.324. The van der Waals surface area contributed by atoms with Crippen molar-refractivity contribution in [1.82, 2.24) is 0 Å². The highest BCUT2D eigenvalue weighted by Gasteiger charge is 2.21. The normalized spacial score (nSPS) is 12.4. The van der Waals surface area contributed by atoms with Crippen molar-refractivity contribution < 1.29 is 0 Å². The largest absolute Gasteiger partial charge is 0.325 e. The van der Waals surface area contributed by atoms with E-state index < -0.39 is 0 Å². The van der Waals surface area contributed by atoms with Gasteiger partial charge >= 0.3 is 0 Å². The molecule has 0 heterocycles. The maximum Gasteiger partial charge on any atom is 0.0151 e. The summed E-state index contributed by atoms with van der Waals surface area (Å²) in [4.78, 5) is 0. The average Bonchev–Trinajstić information content (AvgIpc) is 2.96. The number of rotatable bonds is 33. The van der Waals surface area contributed by atoms with E-state index in [1.807, 2.05) is 0 Å². The maximum absolute atomic E-state index is 6.80. The molecule has 0 amide bonds. The van der Waals surface area contributed by atoms with Gasteiger partial charge in [0.25, 0.3) is 0 Å². The molecular weight excluding hydrogens is 482 g/mol. The number of hydrogen-bond acceptors (Lipinski definition) is 1. The third-order valence-electron chi connectivity index (χ3n) is 9.08. The van der Waals surface area contributed by atoms with Gasteiger partial charge in [0.05, 0.1) is 0 Å². The predicted octanol–water partition coefficient (Wildman–Crippen LogP) is 13.9. The third-order valence-corrected chi connectivity index (χ3v) is 9.08. The van der Waals surface area contributed by atoms with E-state index in [1.165, 1.54) is 193 Å². The first kappa shape index (κ1) is 39.4. The molecule has 0 aliphatic heterocycles. The Morgan fingerprint density at radius 2 is 0.600 bits per heavy atom. The summed E-state index contributed by atoms with van der Waals surface area (Å²) in [5.41, 5.74) is 6.90. The van der Waals surface area contributed by atoms with Crippen LogP contribution < -0.4 is 5.73 Å². The minimum atomic E-state index is 0.0988. The zero-order valence-corrected chi connectivity index (χ0v) is 28.3. The SMILES string of the molecule is CCCCCCCC/C=C\CCCCCCCCC(N)(CC)CCCCCCCC/C=C\CCCCCCCC. The Labute approximate surface area is 255 Å². The van der Waals surface area contributed by atoms with Gasteiger partial charge in [-0.05, 0) is 70.6 Å². The summed E-state index contributed by atoms with van der Waals surface area (Å²) in [5.74, 6) is 0. The van der Waals surface area contributed by atoms with Gasteiger partial charge in [0.15, 0.2) is 0 Å². The number of hydrogen-bond donors (Lipinski definition) is 1. The highest BCUT2D eigenvalue weighted by Crippen LogP contribution is 2.24. The van der Waals surface area contributed by atoms with Crippen molar-refractivity contribution in [3.63, 3.8) is 0 Å². The quantitative estimate of drug-likeness (QED) is 0.0628. The lowest BCUT2D eigenvalue weighted by Gasteiger charge is -2.28. The van der Waals surface area contributed by atoms with Crippen LogP contribution in [0.2, 0.25) is 0 Å². The summed E-state index contributed by atoms with van der Waals surface area (Å²) in [6, 6.07) is 0. The van der Waals surface area contributed by atoms with Gasteiger partial charge in [0.2, 0.25) is 0 Å². The zero-order valence-electron chi connectivity index (χ0n) is 28.3. The molecule has 2 N–H and O–H groups in total. The van der Waals surface area contributed by atoms with Crippen LogP contribution in [0.4, 0.5) is 0 Å². The Balaban J connectivity index is 3.48. The van der Waals surface area contributed by atoms with Crippen molar-refractivity contribution in [1.29, 1.82) is 0 Å². The van der Waals surface area contributed by atoms with Crippen LogP contribution in [0.3, 0.4) is 0 Å². The van der Waals surface area contributed by atoms with Gasteiger partial charge in [-0.1, -0.05) is 173 Å². The standard InChI is InChI=1S/C39H77N/c1-4-7-9-11-13-15-17-19-21-23-25-27-29-31-33-35-37-39(40,6-3)38-36-34-32-30-28-26-24-22-20-18-16-14-12-10-8-5-2/h19-22H,4-18,23-38,40H2,1-3H3/b21-19-,22-20-. The van der Waals surface area contributed by atoms with Gasteiger partial charge < -0.3 is 5.73 Å². The fourth-order valence-electron chi connectivity index (χ4n) is 5.93. The highest BCUT2D eigenvalue weighted by molar-refractivity contribution is 4.83. The summed E-state index contributed by atoms with van der Waals surface area (Å²) in [5, 5.41) is 0. The van der Waals surface area contributed by atoms with E-state index in [9.17, 15) is 0 Å². The molecule has 0 aromatic carbocycles. The summed E-state index contributed by atoms with van der Waals surface area (Å²) in [6.45, 7) is 6.89. The first-order valence-corrected chi connectivity index (χ1v) is 18.8. The zero-order chi connectivity index (χ0) is 29.2. The van der Waals surface area contributed by atoms with Crippen molar-refractivity contribution in [2.75, 3.05) is 0 Å². The number of nitrogens with two attached hydrogens (primary N) is 1. The molecule has 1 heteroatoms. The molecule has 0 saturated carbocycles. The lowest BCUT2D eigenvalue weighted by Crippen LogP contribution is -2.38. The molecule has 0 spiro atoms. The fourth-order valence-corrected chi connectivity index (χ4v) is 5.93. The van der Waals surface area contributed by atoms with Crippen LogP contribution >= 0.6 is 0 Å². The molecule has 40 heavy (non-hydrogen) atoms. The molecule has 0 saturated heterocycles. The van der Waals surface area contributed by atoms with Gasteiger partial charge in [0.1, 0.15) is 0 Å². The van der Waals surface area contributed by atoms with Crippen molar-refractivity contribution in [3.8, 4) is 0 Å². The molecule has 0 aromatic heterocycles. The van der Waals surface area contributed by atoms with E-state index >= 15 is 0 Å². The molecular formula is C39H77N. The van der Waals surface area contributed by atoms with Crippen molar-refractivity contribution >= 4 is 0 Å². The van der Waals surface area contributed by atoms with Gasteiger partial charge in [-0.2, -0.15) is 0 Å². The number of allylic oxidation sites excluding steroid dienone is 4. The van der Waals surface area contributed by atoms with E-state index in [4.69, 9.17) is 5.73 Å². The molecule has 0 radical (unpaired) electrons. The predicted molar refractivity (Wildman–Crippen MR) is 185 cm³/mol. The van der Waals surface area contributed by atoms with Crippen LogP contribution in [0.5, 0.6) is 0 Å². The third kappa shape index (κ3) is 30.4. The molecule has 0 unspecified atom stereocenters. The first-order chi connectivity index (χ1) is 19.7. The Morgan fingerprint density at radius 3 is 0.875 bits per heavy atom. The lowest BCUT2D eigenvalue weighted by atomic mass is 9.85. The second kappa shape index (κ2) is 32.9. The van der Waals surface area contributed by atoms with E-state index in [0.717, 1.165) is 6.42 Å². The summed E-state index contributed by atoms with van der Waals surface area (Å²) in [7, 11) is 0. The highest BCUT2D eigenvalue weighted by atomic mass is 14.7. The van der Waals surface area contributed by atoms with Crippen LogP contribution in [0.25, 0.3) is 0 Å². The Hall–Kier alpha value is -0.560. The topological polar surface area (TPSA) is 26.0 Å². The van der Waals surface area contributed by atoms with E-state index in [2.05, 4.69) is 45.1 Å². The van der Waals surface area contributed by atoms with E-state index in [0.29, 0.717) is 0 Å². The van der Waals surface area contributed by atoms with Gasteiger partial charge in [0, 0.05) is 5.54 Å². The van der Waals surface area contributed by atoms with Gasteiger partial charge in [-0.3, -0.25) is 0 Å². The fraction of sp³-hybridized carbons (Fsp3) is 0.897. The molecule has 0 rings (SSSR count). The van der Waals surface area contributed by atoms with Crippen molar-refractivity contribution in [3.05, 3.63) is 24.3 Å². The molecule has 0 aromatic rings. The molecule has 0 aliphatic carbocycles. The summed E-state index contributed by atoms with van der Waals surface area (Å²) >= 11 is 0. The second-order valence-electron chi connectivity index (χ2n) is 13.1. The van der Waals surface area contributed by atoms with Crippen LogP contribution in [-0.2, 0) is 0 Å². The molecule has 0 atom stereocenters. The molecule has 238 valence electrons. The average molecular weight is 560 g/mol. The monoisotopic (exact) mass is 560 g/mol. The second-order valence-corrected chi connectivity index (χ2v) is 13.1. The van der Waals surface area contributed by atoms with Crippen LogP contribution in [-0.4, -0.2) is 5.54 Å². The van der Waals surface area contributed by atoms with Crippen LogP contribution in [0.15, 0.2) is 24.3 Å². The Morgan fingerprint density at radius 1 is 0.350 bits per heavy atom. The van der Waals surface area contributed by atoms with Gasteiger partial charge in [-0.25, -0.2) is 0 Å². The minimum Gasteiger partial charge on any atom is -0.325 e. The van der Waals surface area contributed by atoms with Crippen molar-refractivity contribution in [2.45, 2.75) is 225 Å². The summed E-state index contributed by atoms with van der Waals surface area (Å²) in [6.07, 6.45) is 52.0. The smallest absolute Gasteiger partial charge is 0.0151 e. The molecule has 0 fully saturated rings.